The first-order chi connectivity index (χ1) is 12.2. The lowest BCUT2D eigenvalue weighted by atomic mass is 9.86. The molecule has 0 amide bonds. The Hall–Kier alpha value is -0.0800. The van der Waals surface area contributed by atoms with E-state index in [2.05, 4.69) is 86.8 Å². The van der Waals surface area contributed by atoms with Crippen molar-refractivity contribution in [2.24, 2.45) is 11.3 Å². The highest BCUT2D eigenvalue weighted by molar-refractivity contribution is 4.84. The number of hydrogen-bond donors (Lipinski definition) is 2. The van der Waals surface area contributed by atoms with Crippen LogP contribution in [0.2, 0.25) is 0 Å². The third-order valence-electron chi connectivity index (χ3n) is 5.73. The van der Waals surface area contributed by atoms with Gasteiger partial charge >= 0.3 is 0 Å². The van der Waals surface area contributed by atoms with E-state index < -0.39 is 0 Å². The lowest BCUT2D eigenvalue weighted by Gasteiger charge is -2.34. The number of rotatable bonds is 13. The molecule has 0 heterocycles. The Bertz CT molecular complexity index is 373. The Morgan fingerprint density at radius 2 is 1.15 bits per heavy atom. The van der Waals surface area contributed by atoms with Crippen LogP contribution in [0, 0.1) is 11.3 Å². The van der Waals surface area contributed by atoms with Crippen LogP contribution in [0.25, 0.3) is 0 Å². The minimum atomic E-state index is 0.220. The van der Waals surface area contributed by atoms with Crippen molar-refractivity contribution in [1.82, 2.24) is 10.6 Å². The van der Waals surface area contributed by atoms with Crippen molar-refractivity contribution in [3.8, 4) is 0 Å². The lowest BCUT2D eigenvalue weighted by molar-refractivity contribution is 0.249. The highest BCUT2D eigenvalue weighted by Gasteiger charge is 2.24. The zero-order chi connectivity index (χ0) is 21.3. The maximum Gasteiger partial charge on any atom is 0.0127 e. The van der Waals surface area contributed by atoms with E-state index in [-0.39, 0.29) is 11.1 Å². The molecule has 0 fully saturated rings. The van der Waals surface area contributed by atoms with Gasteiger partial charge in [-0.25, -0.2) is 0 Å². The second-order valence-corrected chi connectivity index (χ2v) is 12.0. The molecule has 0 rings (SSSR count). The molecule has 0 saturated heterocycles. The first-order valence-corrected chi connectivity index (χ1v) is 11.7. The fourth-order valence-corrected chi connectivity index (χ4v) is 3.84. The van der Waals surface area contributed by atoms with Crippen LogP contribution in [0.1, 0.15) is 128 Å². The first kappa shape index (κ1) is 26.9. The summed E-state index contributed by atoms with van der Waals surface area (Å²) >= 11 is 0. The van der Waals surface area contributed by atoms with Crippen molar-refractivity contribution in [2.45, 2.75) is 151 Å². The quantitative estimate of drug-likeness (QED) is 0.348. The van der Waals surface area contributed by atoms with Crippen molar-refractivity contribution in [3.63, 3.8) is 0 Å². The first-order valence-electron chi connectivity index (χ1n) is 11.7. The summed E-state index contributed by atoms with van der Waals surface area (Å²) in [5.74, 6) is 0.802. The molecule has 0 aliphatic rings. The highest BCUT2D eigenvalue weighted by Crippen LogP contribution is 2.25. The summed E-state index contributed by atoms with van der Waals surface area (Å²) in [6.07, 6.45) is 10.3. The molecule has 0 aliphatic heterocycles. The van der Waals surface area contributed by atoms with Gasteiger partial charge in [0.05, 0.1) is 0 Å². The molecule has 3 atom stereocenters. The van der Waals surface area contributed by atoms with Crippen LogP contribution in [0.3, 0.4) is 0 Å². The minimum Gasteiger partial charge on any atom is -0.309 e. The van der Waals surface area contributed by atoms with Crippen molar-refractivity contribution in [2.75, 3.05) is 0 Å². The summed E-state index contributed by atoms with van der Waals surface area (Å²) in [6, 6.07) is 1.30. The average Bonchev–Trinajstić information content (AvgIpc) is 2.51. The van der Waals surface area contributed by atoms with Crippen LogP contribution in [-0.4, -0.2) is 23.2 Å². The maximum atomic E-state index is 3.97. The monoisotopic (exact) mass is 382 g/mol. The largest absolute Gasteiger partial charge is 0.309 e. The summed E-state index contributed by atoms with van der Waals surface area (Å²) in [4.78, 5) is 0. The van der Waals surface area contributed by atoms with Crippen LogP contribution >= 0.6 is 0 Å². The molecule has 2 N–H and O–H groups in total. The smallest absolute Gasteiger partial charge is 0.0127 e. The predicted octanol–water partition coefficient (Wildman–Crippen LogP) is 7.32. The van der Waals surface area contributed by atoms with E-state index in [9.17, 15) is 0 Å². The van der Waals surface area contributed by atoms with Gasteiger partial charge in [0, 0.05) is 23.2 Å². The molecule has 0 bridgehead atoms. The molecule has 0 saturated carbocycles. The molecule has 0 aliphatic carbocycles. The topological polar surface area (TPSA) is 24.1 Å². The molecule has 0 aromatic heterocycles. The van der Waals surface area contributed by atoms with E-state index in [1.165, 1.54) is 51.4 Å². The molecule has 2 heteroatoms. The molecule has 1 unspecified atom stereocenters. The molecular weight excluding hydrogens is 328 g/mol. The molecule has 0 aromatic rings. The van der Waals surface area contributed by atoms with E-state index in [1.54, 1.807) is 0 Å². The van der Waals surface area contributed by atoms with Gasteiger partial charge in [0.15, 0.2) is 0 Å². The Balaban J connectivity index is 4.33. The van der Waals surface area contributed by atoms with Gasteiger partial charge < -0.3 is 10.6 Å². The van der Waals surface area contributed by atoms with Gasteiger partial charge in [0.1, 0.15) is 0 Å². The molecular formula is C25H54N2. The molecule has 0 spiro atoms. The Morgan fingerprint density at radius 3 is 1.59 bits per heavy atom. The molecule has 27 heavy (non-hydrogen) atoms. The van der Waals surface area contributed by atoms with Crippen LogP contribution < -0.4 is 10.6 Å². The predicted molar refractivity (Wildman–Crippen MR) is 125 cm³/mol. The molecule has 164 valence electrons. The van der Waals surface area contributed by atoms with Crippen molar-refractivity contribution in [1.29, 1.82) is 0 Å². The zero-order valence-corrected chi connectivity index (χ0v) is 20.9. The van der Waals surface area contributed by atoms with E-state index in [1.807, 2.05) is 0 Å². The van der Waals surface area contributed by atoms with Crippen LogP contribution in [-0.2, 0) is 0 Å². The summed E-state index contributed by atoms with van der Waals surface area (Å²) < 4.78 is 0. The van der Waals surface area contributed by atoms with Gasteiger partial charge in [-0.3, -0.25) is 0 Å². The third kappa shape index (κ3) is 15.5. The van der Waals surface area contributed by atoms with Gasteiger partial charge in [-0.1, -0.05) is 41.5 Å². The van der Waals surface area contributed by atoms with Gasteiger partial charge in [0.2, 0.25) is 0 Å². The van der Waals surface area contributed by atoms with Gasteiger partial charge in [0.25, 0.3) is 0 Å². The van der Waals surface area contributed by atoms with Crippen molar-refractivity contribution in [3.05, 3.63) is 0 Å². The Morgan fingerprint density at radius 1 is 0.630 bits per heavy atom. The molecule has 0 aromatic carbocycles. The van der Waals surface area contributed by atoms with E-state index in [0.29, 0.717) is 17.5 Å². The van der Waals surface area contributed by atoms with Crippen LogP contribution in [0.5, 0.6) is 0 Å². The fraction of sp³-hybridized carbons (Fsp3) is 1.00. The van der Waals surface area contributed by atoms with E-state index in [0.717, 1.165) is 5.92 Å². The second kappa shape index (κ2) is 11.8. The van der Waals surface area contributed by atoms with Crippen molar-refractivity contribution >= 4 is 0 Å². The van der Waals surface area contributed by atoms with Crippen molar-refractivity contribution < 1.29 is 0 Å². The average molecular weight is 383 g/mol. The van der Waals surface area contributed by atoms with Gasteiger partial charge in [-0.05, 0) is 97.3 Å². The summed E-state index contributed by atoms with van der Waals surface area (Å²) in [5.41, 5.74) is 0.892. The normalized spacial score (nSPS) is 17.0. The third-order valence-corrected chi connectivity index (χ3v) is 5.73. The van der Waals surface area contributed by atoms with Gasteiger partial charge in [-0.15, -0.1) is 0 Å². The Labute approximate surface area is 173 Å². The molecule has 2 nitrogen and oxygen atoms in total. The zero-order valence-electron chi connectivity index (χ0n) is 20.9. The number of hydrogen-bond acceptors (Lipinski definition) is 2. The Kier molecular flexibility index (Phi) is 11.8. The lowest BCUT2D eigenvalue weighted by Crippen LogP contribution is -2.46. The van der Waals surface area contributed by atoms with Crippen LogP contribution in [0.4, 0.5) is 0 Å². The van der Waals surface area contributed by atoms with E-state index in [4.69, 9.17) is 0 Å². The minimum absolute atomic E-state index is 0.220. The summed E-state index contributed by atoms with van der Waals surface area (Å²) in [6.45, 7) is 25.8. The second-order valence-electron chi connectivity index (χ2n) is 12.0. The highest BCUT2D eigenvalue weighted by atomic mass is 15.0. The maximum absolute atomic E-state index is 3.97. The standard InChI is InChI=1S/C25H54N2/c1-12-21(26-24(7,8)9)15-14-20(3)16-19-25(10,11)27-22(13-2)17-18-23(4,5)6/h20-22,26-27H,12-19H2,1-11H3/t20?,21-,22+/m0/s1. The number of nitrogens with one attached hydrogen (secondary N) is 2. The molecule has 0 radical (unpaired) electrons. The summed E-state index contributed by atoms with van der Waals surface area (Å²) in [5, 5.41) is 7.75. The summed E-state index contributed by atoms with van der Waals surface area (Å²) in [7, 11) is 0. The van der Waals surface area contributed by atoms with Gasteiger partial charge in [-0.2, -0.15) is 0 Å². The van der Waals surface area contributed by atoms with E-state index >= 15 is 0 Å². The SMILES string of the molecule is CC[C@@H](CCC(C)CCC(C)(C)N[C@H](CC)CCC(C)(C)C)NC(C)(C)C. The van der Waals surface area contributed by atoms with Crippen LogP contribution in [0.15, 0.2) is 0 Å². The fourth-order valence-electron chi connectivity index (χ4n) is 3.84.